The van der Waals surface area contributed by atoms with Gasteiger partial charge in [-0.3, -0.25) is 19.3 Å². The first-order valence-corrected chi connectivity index (χ1v) is 23.8. The van der Waals surface area contributed by atoms with Crippen LogP contribution < -0.4 is 20.7 Å². The third-order valence-corrected chi connectivity index (χ3v) is 17.5. The normalized spacial score (nSPS) is 29.9. The lowest BCUT2D eigenvalue weighted by Gasteiger charge is -2.41. The second kappa shape index (κ2) is 15.7. The molecule has 5 amide bonds. The van der Waals surface area contributed by atoms with Crippen LogP contribution in [-0.2, 0) is 29.1 Å². The second-order valence-corrected chi connectivity index (χ2v) is 22.0. The number of rotatable bonds is 12. The third kappa shape index (κ3) is 7.26. The summed E-state index contributed by atoms with van der Waals surface area (Å²) >= 11 is 0. The first kappa shape index (κ1) is 43.7. The van der Waals surface area contributed by atoms with E-state index >= 15 is 0 Å². The maximum Gasteiger partial charge on any atom is 0.315 e. The van der Waals surface area contributed by atoms with Gasteiger partial charge in [-0.05, 0) is 78.2 Å². The lowest BCUT2D eigenvalue weighted by Crippen LogP contribution is -2.64. The molecule has 2 aromatic rings. The van der Waals surface area contributed by atoms with Crippen LogP contribution in [0.5, 0.6) is 0 Å². The van der Waals surface area contributed by atoms with Crippen molar-refractivity contribution in [1.82, 2.24) is 35.5 Å². The SMILES string of the molecule is C=C[C@@H]1C[C@]1(NC(=O)[C@@H]1C[C@@]2(CN1C(O)[C@@H](NC(=O)N[C@H](C(=O)N1CCOCC1)C1CCCCC1)C(C)(C)C)C(C)(C)C21CCC1)C(=O)NS(=O)(=O)c1cccc2cc[nH]c12. The standard InChI is InChI=1S/C45H65N7O8S/c1-7-30-25-45(30,39(56)50-61(58,59)32-16-11-15-29-17-20-46-33(29)32)49-36(53)31-26-44(42(5,6)43(44)18-12-19-43)27-52(31)38(55)35(41(2,3)4)48-40(57)47-34(28-13-9-8-10-14-28)37(54)51-21-23-60-24-22-51/h7,11,15-17,20,28,30-31,34-35,38,46,55H,1,8-10,12-14,18-19,21-27H2,2-6H3,(H,49,53)(H,50,56)(H2,47,48,57)/t30-,31+,34+,35-,38?,44-,45-/m1/s1. The molecule has 6 aliphatic rings. The van der Waals surface area contributed by atoms with Gasteiger partial charge in [-0.15, -0.1) is 6.58 Å². The number of likely N-dealkylation sites (tertiary alicyclic amines) is 1. The van der Waals surface area contributed by atoms with Gasteiger partial charge in [-0.1, -0.05) is 78.5 Å². The van der Waals surface area contributed by atoms with Crippen molar-refractivity contribution in [3.8, 4) is 0 Å². The number of carbonyl (C=O) groups excluding carboxylic acids is 4. The Morgan fingerprint density at radius 1 is 0.984 bits per heavy atom. The van der Waals surface area contributed by atoms with Crippen molar-refractivity contribution in [2.45, 2.75) is 134 Å². The Balaban J connectivity index is 1.05. The van der Waals surface area contributed by atoms with Crippen LogP contribution in [0.1, 0.15) is 98.8 Å². The quantitative estimate of drug-likeness (QED) is 0.170. The number of H-pyrrole nitrogens is 1. The monoisotopic (exact) mass is 863 g/mol. The van der Waals surface area contributed by atoms with Gasteiger partial charge in [-0.25, -0.2) is 17.9 Å². The molecule has 15 nitrogen and oxygen atoms in total. The number of aliphatic hydroxyl groups excluding tert-OH is 1. The van der Waals surface area contributed by atoms with Crippen LogP contribution >= 0.6 is 0 Å². The number of aliphatic hydroxyl groups is 1. The highest BCUT2D eigenvalue weighted by atomic mass is 32.2. The summed E-state index contributed by atoms with van der Waals surface area (Å²) in [5.74, 6) is -2.02. The van der Waals surface area contributed by atoms with E-state index < -0.39 is 69.1 Å². The lowest BCUT2D eigenvalue weighted by atomic mass is 9.73. The zero-order chi connectivity index (χ0) is 43.8. The van der Waals surface area contributed by atoms with Gasteiger partial charge in [0.15, 0.2) is 0 Å². The molecule has 16 heteroatoms. The highest BCUT2D eigenvalue weighted by Gasteiger charge is 2.85. The van der Waals surface area contributed by atoms with Crippen LogP contribution in [-0.4, -0.2) is 115 Å². The van der Waals surface area contributed by atoms with Crippen molar-refractivity contribution in [2.75, 3.05) is 32.8 Å². The molecule has 61 heavy (non-hydrogen) atoms. The number of nitrogens with one attached hydrogen (secondary N) is 5. The first-order chi connectivity index (χ1) is 28.8. The smallest absolute Gasteiger partial charge is 0.315 e. The van der Waals surface area contributed by atoms with Crippen LogP contribution in [0.3, 0.4) is 0 Å². The minimum atomic E-state index is -4.35. The molecule has 7 atom stereocenters. The molecule has 3 heterocycles. The van der Waals surface area contributed by atoms with Gasteiger partial charge in [0, 0.05) is 37.1 Å². The number of para-hydroxylation sites is 1. The number of aromatic amines is 1. The van der Waals surface area contributed by atoms with Crippen molar-refractivity contribution >= 4 is 44.7 Å². The first-order valence-electron chi connectivity index (χ1n) is 22.3. The van der Waals surface area contributed by atoms with E-state index in [4.69, 9.17) is 4.74 Å². The fourth-order valence-corrected chi connectivity index (χ4v) is 13.4. The molecule has 6 N–H and O–H groups in total. The van der Waals surface area contributed by atoms with Crippen LogP contribution in [0.2, 0.25) is 0 Å². The molecule has 1 unspecified atom stereocenters. The van der Waals surface area contributed by atoms with Gasteiger partial charge in [0.05, 0.1) is 30.8 Å². The van der Waals surface area contributed by atoms with Gasteiger partial charge >= 0.3 is 6.03 Å². The molecule has 6 fully saturated rings. The minimum Gasteiger partial charge on any atom is -0.378 e. The van der Waals surface area contributed by atoms with Crippen LogP contribution in [0, 0.1) is 33.5 Å². The predicted molar refractivity (Wildman–Crippen MR) is 229 cm³/mol. The van der Waals surface area contributed by atoms with Crippen molar-refractivity contribution in [3.05, 3.63) is 43.1 Å². The average molecular weight is 864 g/mol. The summed E-state index contributed by atoms with van der Waals surface area (Å²) in [6.07, 6.45) is 10.2. The topological polar surface area (TPSA) is 202 Å². The van der Waals surface area contributed by atoms with Crippen molar-refractivity contribution in [1.29, 1.82) is 0 Å². The Kier molecular flexibility index (Phi) is 11.2. The summed E-state index contributed by atoms with van der Waals surface area (Å²) in [5.41, 5.74) is -2.37. The number of nitrogens with zero attached hydrogens (tertiary/aromatic N) is 2. The third-order valence-electron chi connectivity index (χ3n) is 16.1. The maximum absolute atomic E-state index is 14.9. The summed E-state index contributed by atoms with van der Waals surface area (Å²) in [5, 5.41) is 22.4. The molecule has 2 aliphatic heterocycles. The Hall–Kier alpha value is -3.99. The molecular weight excluding hydrogens is 799 g/mol. The molecule has 1 aromatic carbocycles. The number of aromatic nitrogens is 1. The van der Waals surface area contributed by atoms with Crippen LogP contribution in [0.15, 0.2) is 48.0 Å². The van der Waals surface area contributed by atoms with E-state index in [1.54, 1.807) is 40.3 Å². The number of carbonyl (C=O) groups is 4. The molecule has 8 rings (SSSR count). The van der Waals surface area contributed by atoms with Crippen molar-refractivity contribution in [3.63, 3.8) is 0 Å². The van der Waals surface area contributed by atoms with Gasteiger partial charge in [0.1, 0.15) is 22.7 Å². The zero-order valence-electron chi connectivity index (χ0n) is 36.3. The number of amides is 5. The number of ether oxygens (including phenoxy) is 1. The highest BCUT2D eigenvalue weighted by Crippen LogP contribution is 2.88. The number of morpholine rings is 1. The van der Waals surface area contributed by atoms with E-state index in [0.29, 0.717) is 50.2 Å². The van der Waals surface area contributed by atoms with E-state index in [2.05, 4.69) is 46.1 Å². The van der Waals surface area contributed by atoms with Crippen LogP contribution in [0.4, 0.5) is 4.79 Å². The highest BCUT2D eigenvalue weighted by molar-refractivity contribution is 7.90. The fourth-order valence-electron chi connectivity index (χ4n) is 12.1. The predicted octanol–water partition coefficient (Wildman–Crippen LogP) is 4.14. The number of benzene rings is 1. The Morgan fingerprint density at radius 2 is 1.69 bits per heavy atom. The van der Waals surface area contributed by atoms with Gasteiger partial charge in [0.2, 0.25) is 11.8 Å². The summed E-state index contributed by atoms with van der Waals surface area (Å²) < 4.78 is 35.2. The zero-order valence-corrected chi connectivity index (χ0v) is 37.2. The van der Waals surface area contributed by atoms with Crippen LogP contribution in [0.25, 0.3) is 10.9 Å². The van der Waals surface area contributed by atoms with E-state index in [1.165, 1.54) is 6.07 Å². The van der Waals surface area contributed by atoms with Gasteiger partial charge in [0.25, 0.3) is 15.9 Å². The summed E-state index contributed by atoms with van der Waals surface area (Å²) in [4.78, 5) is 63.5. The number of fused-ring (bicyclic) bond motifs is 2. The molecule has 2 spiro atoms. The number of urea groups is 1. The van der Waals surface area contributed by atoms with Crippen molar-refractivity contribution < 1.29 is 37.4 Å². The van der Waals surface area contributed by atoms with E-state index in [0.717, 1.165) is 51.4 Å². The van der Waals surface area contributed by atoms with Crippen molar-refractivity contribution in [2.24, 2.45) is 33.5 Å². The molecule has 4 aliphatic carbocycles. The fraction of sp³-hybridized carbons (Fsp3) is 0.689. The molecular formula is C45H65N7O8S. The molecule has 4 saturated carbocycles. The van der Waals surface area contributed by atoms with Gasteiger partial charge < -0.3 is 35.7 Å². The molecule has 0 radical (unpaired) electrons. The summed E-state index contributed by atoms with van der Waals surface area (Å²) in [6.45, 7) is 16.3. The largest absolute Gasteiger partial charge is 0.378 e. The maximum atomic E-state index is 14.9. The second-order valence-electron chi connectivity index (χ2n) is 20.4. The minimum absolute atomic E-state index is 0.00663. The summed E-state index contributed by atoms with van der Waals surface area (Å²) in [7, 11) is -4.35. The molecule has 0 bridgehead atoms. The Labute approximate surface area is 359 Å². The van der Waals surface area contributed by atoms with Gasteiger partial charge in [-0.2, -0.15) is 0 Å². The number of hydrogen-bond donors (Lipinski definition) is 6. The van der Waals surface area contributed by atoms with E-state index in [9.17, 15) is 32.7 Å². The Morgan fingerprint density at radius 3 is 2.30 bits per heavy atom. The number of sulfonamides is 1. The van der Waals surface area contributed by atoms with E-state index in [-0.39, 0.29) is 39.4 Å². The molecule has 334 valence electrons. The number of hydrogen-bond acceptors (Lipinski definition) is 9. The lowest BCUT2D eigenvalue weighted by molar-refractivity contribution is -0.139. The molecule has 2 saturated heterocycles. The Bertz CT molecular complexity index is 2170. The average Bonchev–Trinajstić information content (AvgIpc) is 3.72. The molecule has 1 aromatic heterocycles. The summed E-state index contributed by atoms with van der Waals surface area (Å²) in [6, 6.07) is 3.44. The van der Waals surface area contributed by atoms with E-state index in [1.807, 2.05) is 20.8 Å².